The zero-order chi connectivity index (χ0) is 18.2. The lowest BCUT2D eigenvalue weighted by Crippen LogP contribution is -2.44. The molecule has 0 heterocycles. The molecule has 0 unspecified atom stereocenters. The first-order valence-corrected chi connectivity index (χ1v) is 8.90. The van der Waals surface area contributed by atoms with Crippen LogP contribution >= 0.6 is 0 Å². The maximum absolute atomic E-state index is 12.4. The molecule has 1 aliphatic carbocycles. The summed E-state index contributed by atoms with van der Waals surface area (Å²) in [6, 6.07) is 4.31. The second-order valence-corrected chi connectivity index (χ2v) is 6.56. The average Bonchev–Trinajstić information content (AvgIpc) is 2.57. The number of nitrogens with one attached hydrogen (secondary N) is 2. The molecule has 1 fully saturated rings. The number of benzene rings is 1. The smallest absolute Gasteiger partial charge is 0.296 e. The third-order valence-electron chi connectivity index (χ3n) is 4.64. The van der Waals surface area contributed by atoms with Gasteiger partial charge < -0.3 is 15.4 Å². The number of nitrogens with zero attached hydrogens (tertiary/aromatic N) is 1. The fraction of sp³-hybridized carbons (Fsp3) is 0.611. The standard InChI is InChI=1S/C18H27N3O4/c1-13(19-14-8-6-4-3-5-7-9-14)18(22)20-16-11-10-15(25-2)12-17(16)21(23)24/h10-14,19H,3-9H2,1-2H3,(H,20,22)/t13-/m1/s1. The SMILES string of the molecule is COc1ccc(NC(=O)[C@@H](C)NC2CCCCCCC2)c([N+](=O)[O-])c1. The molecule has 1 aromatic rings. The molecule has 7 nitrogen and oxygen atoms in total. The number of rotatable bonds is 6. The van der Waals surface area contributed by atoms with Crippen molar-refractivity contribution in [1.82, 2.24) is 5.32 Å². The lowest BCUT2D eigenvalue weighted by Gasteiger charge is -2.24. The van der Waals surface area contributed by atoms with Crippen molar-refractivity contribution in [3.8, 4) is 5.75 Å². The van der Waals surface area contributed by atoms with Crippen molar-refractivity contribution < 1.29 is 14.5 Å². The lowest BCUT2D eigenvalue weighted by atomic mass is 9.96. The second-order valence-electron chi connectivity index (χ2n) is 6.56. The van der Waals surface area contributed by atoms with Crippen molar-refractivity contribution in [3.63, 3.8) is 0 Å². The summed E-state index contributed by atoms with van der Waals surface area (Å²) in [5, 5.41) is 17.2. The molecule has 0 saturated heterocycles. The van der Waals surface area contributed by atoms with Crippen LogP contribution in [0.4, 0.5) is 11.4 Å². The summed E-state index contributed by atoms with van der Waals surface area (Å²) in [6.45, 7) is 1.80. The first kappa shape index (κ1) is 19.2. The number of carbonyl (C=O) groups excluding carboxylic acids is 1. The van der Waals surface area contributed by atoms with Crippen LogP contribution in [0.3, 0.4) is 0 Å². The number of nitro groups is 1. The molecule has 2 rings (SSSR count). The van der Waals surface area contributed by atoms with Crippen molar-refractivity contribution in [2.75, 3.05) is 12.4 Å². The summed E-state index contributed by atoms with van der Waals surface area (Å²) in [7, 11) is 1.44. The van der Waals surface area contributed by atoms with Crippen LogP contribution in [0, 0.1) is 10.1 Å². The number of ether oxygens (including phenoxy) is 1. The van der Waals surface area contributed by atoms with Crippen molar-refractivity contribution in [2.45, 2.75) is 64.0 Å². The molecule has 0 aromatic heterocycles. The van der Waals surface area contributed by atoms with Crippen molar-refractivity contribution in [2.24, 2.45) is 0 Å². The zero-order valence-corrected chi connectivity index (χ0v) is 14.9. The summed E-state index contributed by atoms with van der Waals surface area (Å²) in [6.07, 6.45) is 8.28. The average molecular weight is 349 g/mol. The minimum absolute atomic E-state index is 0.175. The summed E-state index contributed by atoms with van der Waals surface area (Å²) < 4.78 is 5.01. The van der Waals surface area contributed by atoms with Gasteiger partial charge in [0.15, 0.2) is 0 Å². The Labute approximate surface area is 148 Å². The van der Waals surface area contributed by atoms with Crippen LogP contribution in [-0.2, 0) is 4.79 Å². The van der Waals surface area contributed by atoms with Crippen LogP contribution < -0.4 is 15.4 Å². The van der Waals surface area contributed by atoms with E-state index in [0.29, 0.717) is 11.8 Å². The molecular formula is C18H27N3O4. The van der Waals surface area contributed by atoms with Gasteiger partial charge in [0, 0.05) is 6.04 Å². The number of carbonyl (C=O) groups is 1. The highest BCUT2D eigenvalue weighted by atomic mass is 16.6. The third-order valence-corrected chi connectivity index (χ3v) is 4.64. The quantitative estimate of drug-likeness (QED) is 0.604. The van der Waals surface area contributed by atoms with Gasteiger partial charge in [-0.25, -0.2) is 0 Å². The Bertz CT molecular complexity index is 598. The van der Waals surface area contributed by atoms with Crippen molar-refractivity contribution in [1.29, 1.82) is 0 Å². The van der Waals surface area contributed by atoms with Crippen LogP contribution in [0.5, 0.6) is 5.75 Å². The van der Waals surface area contributed by atoms with Crippen LogP contribution in [0.1, 0.15) is 51.9 Å². The Balaban J connectivity index is 1.99. The number of nitro benzene ring substituents is 1. The number of anilines is 1. The molecule has 0 spiro atoms. The maximum Gasteiger partial charge on any atom is 0.296 e. The molecule has 0 bridgehead atoms. The van der Waals surface area contributed by atoms with Gasteiger partial charge in [-0.15, -0.1) is 0 Å². The van der Waals surface area contributed by atoms with Gasteiger partial charge in [-0.1, -0.05) is 32.1 Å². The molecule has 0 radical (unpaired) electrons. The number of hydrogen-bond donors (Lipinski definition) is 2. The topological polar surface area (TPSA) is 93.5 Å². The van der Waals surface area contributed by atoms with Crippen LogP contribution in [0.15, 0.2) is 18.2 Å². The van der Waals surface area contributed by atoms with Gasteiger partial charge in [0.25, 0.3) is 5.69 Å². The monoisotopic (exact) mass is 349 g/mol. The molecule has 1 saturated carbocycles. The van der Waals surface area contributed by atoms with Crippen LogP contribution in [0.25, 0.3) is 0 Å². The van der Waals surface area contributed by atoms with Gasteiger partial charge >= 0.3 is 0 Å². The third kappa shape index (κ3) is 5.70. The van der Waals surface area contributed by atoms with E-state index in [9.17, 15) is 14.9 Å². The normalized spacial score (nSPS) is 17.2. The van der Waals surface area contributed by atoms with Crippen molar-refractivity contribution >= 4 is 17.3 Å². The molecule has 1 aromatic carbocycles. The first-order chi connectivity index (χ1) is 12.0. The van der Waals surface area contributed by atoms with Gasteiger partial charge in [0.1, 0.15) is 11.4 Å². The molecule has 7 heteroatoms. The molecule has 2 N–H and O–H groups in total. The fourth-order valence-electron chi connectivity index (χ4n) is 3.19. The van der Waals surface area contributed by atoms with E-state index in [1.165, 1.54) is 51.3 Å². The van der Waals surface area contributed by atoms with E-state index in [2.05, 4.69) is 10.6 Å². The number of hydrogen-bond acceptors (Lipinski definition) is 5. The van der Waals surface area contributed by atoms with E-state index in [1.54, 1.807) is 13.0 Å². The van der Waals surface area contributed by atoms with E-state index in [0.717, 1.165) is 12.8 Å². The predicted molar refractivity (Wildman–Crippen MR) is 97.0 cm³/mol. The van der Waals surface area contributed by atoms with Gasteiger partial charge in [0.05, 0.1) is 24.1 Å². The van der Waals surface area contributed by atoms with E-state index in [-0.39, 0.29) is 17.3 Å². The van der Waals surface area contributed by atoms with E-state index >= 15 is 0 Å². The summed E-state index contributed by atoms with van der Waals surface area (Å²) in [5.41, 5.74) is 0.00738. The predicted octanol–water partition coefficient (Wildman–Crippen LogP) is 3.63. The van der Waals surface area contributed by atoms with Gasteiger partial charge in [-0.2, -0.15) is 0 Å². The fourth-order valence-corrected chi connectivity index (χ4v) is 3.19. The second kappa shape index (κ2) is 9.36. The Morgan fingerprint density at radius 2 is 1.88 bits per heavy atom. The lowest BCUT2D eigenvalue weighted by molar-refractivity contribution is -0.384. The van der Waals surface area contributed by atoms with Crippen molar-refractivity contribution in [3.05, 3.63) is 28.3 Å². The Morgan fingerprint density at radius 1 is 1.24 bits per heavy atom. The minimum atomic E-state index is -0.523. The molecular weight excluding hydrogens is 322 g/mol. The summed E-state index contributed by atoms with van der Waals surface area (Å²) in [4.78, 5) is 23.1. The van der Waals surface area contributed by atoms with Gasteiger partial charge in [0.2, 0.25) is 5.91 Å². The highest BCUT2D eigenvalue weighted by Crippen LogP contribution is 2.29. The molecule has 1 aliphatic rings. The molecule has 1 atom stereocenters. The van der Waals surface area contributed by atoms with E-state index in [4.69, 9.17) is 4.74 Å². The van der Waals surface area contributed by atoms with Gasteiger partial charge in [-0.05, 0) is 31.9 Å². The summed E-state index contributed by atoms with van der Waals surface area (Å²) in [5.74, 6) is 0.112. The Morgan fingerprint density at radius 3 is 2.48 bits per heavy atom. The summed E-state index contributed by atoms with van der Waals surface area (Å²) >= 11 is 0. The Hall–Kier alpha value is -2.15. The number of methoxy groups -OCH3 is 1. The van der Waals surface area contributed by atoms with Crippen LogP contribution in [0.2, 0.25) is 0 Å². The number of amides is 1. The molecule has 138 valence electrons. The maximum atomic E-state index is 12.4. The first-order valence-electron chi connectivity index (χ1n) is 8.90. The van der Waals surface area contributed by atoms with E-state index in [1.807, 2.05) is 0 Å². The largest absolute Gasteiger partial charge is 0.496 e. The molecule has 0 aliphatic heterocycles. The van der Waals surface area contributed by atoms with Gasteiger partial charge in [-0.3, -0.25) is 14.9 Å². The highest BCUT2D eigenvalue weighted by Gasteiger charge is 2.22. The highest BCUT2D eigenvalue weighted by molar-refractivity contribution is 5.96. The molecule has 25 heavy (non-hydrogen) atoms. The van der Waals surface area contributed by atoms with E-state index < -0.39 is 11.0 Å². The molecule has 1 amide bonds. The minimum Gasteiger partial charge on any atom is -0.496 e. The zero-order valence-electron chi connectivity index (χ0n) is 14.9. The Kier molecular flexibility index (Phi) is 7.18. The van der Waals surface area contributed by atoms with Crippen LogP contribution in [-0.4, -0.2) is 30.0 Å².